The molecule has 6 N–H and O–H groups in total. The molecule has 26 heavy (non-hydrogen) atoms. The molecule has 0 aliphatic rings. The van der Waals surface area contributed by atoms with Crippen LogP contribution in [0, 0.1) is 5.41 Å². The predicted octanol–water partition coefficient (Wildman–Crippen LogP) is 2.18. The van der Waals surface area contributed by atoms with Crippen molar-refractivity contribution >= 4 is 18.1 Å². The van der Waals surface area contributed by atoms with Gasteiger partial charge in [-0.3, -0.25) is 9.79 Å². The smallest absolute Gasteiger partial charge is 0.220 e. The number of hydrogen-bond acceptors (Lipinski definition) is 4. The summed E-state index contributed by atoms with van der Waals surface area (Å²) >= 11 is 0. The largest absolute Gasteiger partial charge is 0.494 e. The van der Waals surface area contributed by atoms with Gasteiger partial charge in [0.15, 0.2) is 5.96 Å². The van der Waals surface area contributed by atoms with E-state index in [0.717, 1.165) is 50.0 Å². The van der Waals surface area contributed by atoms with Crippen molar-refractivity contribution in [3.05, 3.63) is 29.8 Å². The number of nitrogens with zero attached hydrogens (tertiary/aromatic N) is 1. The van der Waals surface area contributed by atoms with Crippen LogP contribution in [-0.2, 0) is 4.79 Å². The second-order valence-corrected chi connectivity index (χ2v) is 6.09. The van der Waals surface area contributed by atoms with Gasteiger partial charge in [0.05, 0.1) is 6.61 Å². The topological polar surface area (TPSA) is 127 Å². The number of guanidine groups is 1. The van der Waals surface area contributed by atoms with E-state index in [1.165, 1.54) is 6.21 Å². The van der Waals surface area contributed by atoms with Crippen molar-refractivity contribution in [1.29, 1.82) is 5.41 Å². The lowest BCUT2D eigenvalue weighted by molar-refractivity contribution is -0.121. The van der Waals surface area contributed by atoms with Crippen molar-refractivity contribution in [1.82, 2.24) is 5.32 Å². The molecule has 0 aliphatic carbocycles. The average Bonchev–Trinajstić information content (AvgIpc) is 2.64. The zero-order chi connectivity index (χ0) is 19.0. The quantitative estimate of drug-likeness (QED) is 0.230. The van der Waals surface area contributed by atoms with E-state index in [9.17, 15) is 4.79 Å². The molecule has 1 rings (SSSR count). The van der Waals surface area contributed by atoms with E-state index in [2.05, 4.69) is 10.3 Å². The van der Waals surface area contributed by atoms with Crippen molar-refractivity contribution < 1.29 is 9.53 Å². The van der Waals surface area contributed by atoms with Gasteiger partial charge in [-0.25, -0.2) is 0 Å². The van der Waals surface area contributed by atoms with Crippen LogP contribution in [0.5, 0.6) is 5.75 Å². The molecule has 0 saturated carbocycles. The van der Waals surface area contributed by atoms with E-state index in [4.69, 9.17) is 21.6 Å². The number of aliphatic imine (C=N–C) groups is 1. The lowest BCUT2D eigenvalue weighted by atomic mass is 10.1. The Morgan fingerprint density at radius 1 is 1.08 bits per heavy atom. The molecule has 1 amide bonds. The van der Waals surface area contributed by atoms with Gasteiger partial charge in [-0.2, -0.15) is 0 Å². The first-order valence-corrected chi connectivity index (χ1v) is 9.17. The highest BCUT2D eigenvalue weighted by Crippen LogP contribution is 2.11. The third kappa shape index (κ3) is 11.1. The van der Waals surface area contributed by atoms with Crippen LogP contribution >= 0.6 is 0 Å². The highest BCUT2D eigenvalue weighted by Gasteiger charge is 2.01. The van der Waals surface area contributed by atoms with Crippen molar-refractivity contribution in [3.8, 4) is 5.75 Å². The Labute approximate surface area is 155 Å². The summed E-state index contributed by atoms with van der Waals surface area (Å²) in [6.45, 7) is 1.92. The molecule has 7 heteroatoms. The number of nitrogens with one attached hydrogen (secondary N) is 2. The van der Waals surface area contributed by atoms with Gasteiger partial charge in [0.25, 0.3) is 0 Å². The Kier molecular flexibility index (Phi) is 11.3. The number of benzene rings is 1. The summed E-state index contributed by atoms with van der Waals surface area (Å²) < 4.78 is 5.58. The minimum absolute atomic E-state index is 0.0699. The minimum atomic E-state index is 0.0699. The molecule has 1 aromatic carbocycles. The van der Waals surface area contributed by atoms with Crippen molar-refractivity contribution in [2.75, 3.05) is 19.7 Å². The maximum Gasteiger partial charge on any atom is 0.220 e. The first-order valence-electron chi connectivity index (χ1n) is 9.17. The molecular weight excluding hydrogens is 330 g/mol. The number of amides is 1. The SMILES string of the molecule is N=Cc1ccc(OCCCC(=O)NCCCCCCCN=C(N)N)cc1. The molecule has 0 spiro atoms. The standard InChI is InChI=1S/C19H31N5O2/c20-15-16-8-10-17(11-9-16)26-14-6-7-18(25)23-12-4-2-1-3-5-13-24-19(21)22/h8-11,15,20H,1-7,12-14H2,(H,23,25)(H4,21,22,24). The Morgan fingerprint density at radius 2 is 1.77 bits per heavy atom. The van der Waals surface area contributed by atoms with E-state index in [0.29, 0.717) is 26.0 Å². The normalized spacial score (nSPS) is 10.2. The highest BCUT2D eigenvalue weighted by molar-refractivity contribution is 5.77. The molecule has 0 radical (unpaired) electrons. The number of carbonyl (C=O) groups is 1. The summed E-state index contributed by atoms with van der Waals surface area (Å²) in [4.78, 5) is 15.7. The van der Waals surface area contributed by atoms with Gasteiger partial charge in [-0.05, 0) is 49.1 Å². The number of hydrogen-bond donors (Lipinski definition) is 4. The summed E-state index contributed by atoms with van der Waals surface area (Å²) in [5.41, 5.74) is 11.4. The van der Waals surface area contributed by atoms with Gasteiger partial charge in [-0.15, -0.1) is 0 Å². The Balaban J connectivity index is 1.93. The van der Waals surface area contributed by atoms with Crippen molar-refractivity contribution in [3.63, 3.8) is 0 Å². The summed E-state index contributed by atoms with van der Waals surface area (Å²) in [7, 11) is 0. The zero-order valence-corrected chi connectivity index (χ0v) is 15.4. The predicted molar refractivity (Wildman–Crippen MR) is 106 cm³/mol. The molecule has 0 saturated heterocycles. The first-order chi connectivity index (χ1) is 12.6. The molecule has 7 nitrogen and oxygen atoms in total. The van der Waals surface area contributed by atoms with Crippen LogP contribution in [0.15, 0.2) is 29.3 Å². The van der Waals surface area contributed by atoms with E-state index >= 15 is 0 Å². The molecule has 0 aliphatic heterocycles. The Hall–Kier alpha value is -2.57. The van der Waals surface area contributed by atoms with E-state index < -0.39 is 0 Å². The molecule has 0 heterocycles. The third-order valence-electron chi connectivity index (χ3n) is 3.82. The summed E-state index contributed by atoms with van der Waals surface area (Å²) in [6, 6.07) is 7.32. The van der Waals surface area contributed by atoms with E-state index in [1.54, 1.807) is 0 Å². The summed E-state index contributed by atoms with van der Waals surface area (Å²) in [5, 5.41) is 10.1. The van der Waals surface area contributed by atoms with Crippen LogP contribution in [0.4, 0.5) is 0 Å². The first kappa shape index (κ1) is 21.5. The van der Waals surface area contributed by atoms with E-state index in [1.807, 2.05) is 24.3 Å². The highest BCUT2D eigenvalue weighted by atomic mass is 16.5. The Bertz CT molecular complexity index is 554. The van der Waals surface area contributed by atoms with Crippen LogP contribution in [-0.4, -0.2) is 37.8 Å². The second-order valence-electron chi connectivity index (χ2n) is 6.09. The number of unbranched alkanes of at least 4 members (excludes halogenated alkanes) is 4. The summed E-state index contributed by atoms with van der Waals surface area (Å²) in [5.74, 6) is 0.982. The van der Waals surface area contributed by atoms with Crippen molar-refractivity contribution in [2.45, 2.75) is 44.9 Å². The molecule has 0 unspecified atom stereocenters. The second kappa shape index (κ2) is 13.7. The third-order valence-corrected chi connectivity index (χ3v) is 3.82. The fourth-order valence-corrected chi connectivity index (χ4v) is 2.37. The average molecular weight is 361 g/mol. The van der Waals surface area contributed by atoms with Crippen LogP contribution in [0.2, 0.25) is 0 Å². The van der Waals surface area contributed by atoms with Crippen LogP contribution in [0.3, 0.4) is 0 Å². The van der Waals surface area contributed by atoms with Gasteiger partial charge >= 0.3 is 0 Å². The van der Waals surface area contributed by atoms with Gasteiger partial charge in [0, 0.05) is 25.7 Å². The number of carbonyl (C=O) groups excluding carboxylic acids is 1. The van der Waals surface area contributed by atoms with Crippen LogP contribution < -0.4 is 21.5 Å². The fraction of sp³-hybridized carbons (Fsp3) is 0.526. The van der Waals surface area contributed by atoms with E-state index in [-0.39, 0.29) is 11.9 Å². The molecule has 144 valence electrons. The summed E-state index contributed by atoms with van der Waals surface area (Å²) in [6.07, 6.45) is 7.75. The lowest BCUT2D eigenvalue weighted by Crippen LogP contribution is -2.24. The maximum atomic E-state index is 11.7. The Morgan fingerprint density at radius 3 is 2.46 bits per heavy atom. The monoisotopic (exact) mass is 361 g/mol. The molecular formula is C19H31N5O2. The van der Waals surface area contributed by atoms with Gasteiger partial charge in [-0.1, -0.05) is 19.3 Å². The fourth-order valence-electron chi connectivity index (χ4n) is 2.37. The maximum absolute atomic E-state index is 11.7. The van der Waals surface area contributed by atoms with Gasteiger partial charge in [0.1, 0.15) is 5.75 Å². The van der Waals surface area contributed by atoms with Gasteiger partial charge in [0.2, 0.25) is 5.91 Å². The molecule has 0 fully saturated rings. The van der Waals surface area contributed by atoms with Crippen molar-refractivity contribution in [2.24, 2.45) is 16.5 Å². The molecule has 0 atom stereocenters. The number of nitrogens with two attached hydrogens (primary N) is 2. The number of rotatable bonds is 14. The molecule has 0 bridgehead atoms. The molecule has 0 aromatic heterocycles. The van der Waals surface area contributed by atoms with Crippen LogP contribution in [0.1, 0.15) is 50.5 Å². The van der Waals surface area contributed by atoms with Gasteiger partial charge < -0.3 is 26.9 Å². The lowest BCUT2D eigenvalue weighted by Gasteiger charge is -2.07. The zero-order valence-electron chi connectivity index (χ0n) is 15.4. The number of ether oxygens (including phenoxy) is 1. The van der Waals surface area contributed by atoms with Crippen LogP contribution in [0.25, 0.3) is 0 Å². The minimum Gasteiger partial charge on any atom is -0.494 e. The molecule has 1 aromatic rings.